The summed E-state index contributed by atoms with van der Waals surface area (Å²) in [6.45, 7) is 6.86. The van der Waals surface area contributed by atoms with Crippen molar-refractivity contribution in [3.05, 3.63) is 35.9 Å². The van der Waals surface area contributed by atoms with E-state index >= 15 is 0 Å². The minimum Gasteiger partial charge on any atom is -0.313 e. The Morgan fingerprint density at radius 1 is 1.27 bits per heavy atom. The van der Waals surface area contributed by atoms with Crippen LogP contribution in [0.3, 0.4) is 0 Å². The summed E-state index contributed by atoms with van der Waals surface area (Å²) in [6.07, 6.45) is 1.26. The maximum Gasteiger partial charge on any atom is 0.0234 e. The summed E-state index contributed by atoms with van der Waals surface area (Å²) in [6, 6.07) is 11.4. The van der Waals surface area contributed by atoms with E-state index in [1.807, 2.05) is 0 Å². The van der Waals surface area contributed by atoms with E-state index in [2.05, 4.69) is 47.5 Å². The normalized spacial score (nSPS) is 23.7. The second kappa shape index (κ2) is 5.29. The summed E-state index contributed by atoms with van der Waals surface area (Å²) in [7, 11) is 0. The summed E-state index contributed by atoms with van der Waals surface area (Å²) in [5, 5.41) is 3.52. The van der Waals surface area contributed by atoms with Crippen LogP contribution in [0.1, 0.15) is 18.9 Å². The Balaban J connectivity index is 1.89. The van der Waals surface area contributed by atoms with Gasteiger partial charge in [0.2, 0.25) is 0 Å². The smallest absolute Gasteiger partial charge is 0.0234 e. The summed E-state index contributed by atoms with van der Waals surface area (Å²) >= 11 is 0. The van der Waals surface area contributed by atoms with Crippen molar-refractivity contribution in [3.63, 3.8) is 0 Å². The van der Waals surface area contributed by atoms with Crippen molar-refractivity contribution >= 4 is 0 Å². The Bertz CT molecular complexity index is 284. The maximum atomic E-state index is 3.52. The van der Waals surface area contributed by atoms with Crippen LogP contribution in [0, 0.1) is 0 Å². The van der Waals surface area contributed by atoms with Crippen molar-refractivity contribution in [3.8, 4) is 0 Å². The lowest BCUT2D eigenvalue weighted by Gasteiger charge is -2.19. The molecule has 0 saturated carbocycles. The highest BCUT2D eigenvalue weighted by atomic mass is 15.2. The molecular weight excluding hydrogens is 184 g/mol. The molecule has 1 saturated heterocycles. The van der Waals surface area contributed by atoms with Gasteiger partial charge in [-0.15, -0.1) is 0 Å². The lowest BCUT2D eigenvalue weighted by Crippen LogP contribution is -2.28. The minimum absolute atomic E-state index is 0.672. The number of hydrogen-bond acceptors (Lipinski definition) is 2. The molecule has 0 unspecified atom stereocenters. The SMILES string of the molecule is C[C@@H]1CCN(Cc2ccccc2)CCN1. The van der Waals surface area contributed by atoms with Crippen LogP contribution in [0.4, 0.5) is 0 Å². The second-order valence-corrected chi connectivity index (χ2v) is 4.41. The molecule has 1 aliphatic rings. The Morgan fingerprint density at radius 3 is 2.87 bits per heavy atom. The molecule has 1 N–H and O–H groups in total. The highest BCUT2D eigenvalue weighted by Crippen LogP contribution is 2.07. The predicted molar refractivity (Wildman–Crippen MR) is 63.8 cm³/mol. The molecule has 0 bridgehead atoms. The predicted octanol–water partition coefficient (Wildman–Crippen LogP) is 1.87. The topological polar surface area (TPSA) is 15.3 Å². The molecule has 0 amide bonds. The molecule has 0 aromatic heterocycles. The molecule has 15 heavy (non-hydrogen) atoms. The Kier molecular flexibility index (Phi) is 3.75. The quantitative estimate of drug-likeness (QED) is 0.791. The van der Waals surface area contributed by atoms with Gasteiger partial charge in [0.25, 0.3) is 0 Å². The molecule has 82 valence electrons. The van der Waals surface area contributed by atoms with Crippen LogP contribution in [0.25, 0.3) is 0 Å². The fourth-order valence-electron chi connectivity index (χ4n) is 2.06. The molecular formula is C13H20N2. The van der Waals surface area contributed by atoms with E-state index in [-0.39, 0.29) is 0 Å². The Labute approximate surface area is 92.3 Å². The molecule has 1 fully saturated rings. The number of benzene rings is 1. The van der Waals surface area contributed by atoms with E-state index in [1.54, 1.807) is 0 Å². The first kappa shape index (κ1) is 10.7. The lowest BCUT2D eigenvalue weighted by atomic mass is 10.2. The third kappa shape index (κ3) is 3.33. The standard InChI is InChI=1S/C13H20N2/c1-12-7-9-15(10-8-14-12)11-13-5-3-2-4-6-13/h2-6,12,14H,7-11H2,1H3/t12-/m1/s1. The zero-order valence-corrected chi connectivity index (χ0v) is 9.45. The van der Waals surface area contributed by atoms with E-state index in [4.69, 9.17) is 0 Å². The maximum absolute atomic E-state index is 3.52. The van der Waals surface area contributed by atoms with Crippen LogP contribution in [0.2, 0.25) is 0 Å². The molecule has 0 aliphatic carbocycles. The molecule has 1 heterocycles. The highest BCUT2D eigenvalue weighted by molar-refractivity contribution is 5.14. The van der Waals surface area contributed by atoms with Crippen LogP contribution in [-0.4, -0.2) is 30.6 Å². The van der Waals surface area contributed by atoms with E-state index in [0.717, 1.165) is 13.1 Å². The van der Waals surface area contributed by atoms with Gasteiger partial charge in [-0.05, 0) is 18.9 Å². The van der Waals surface area contributed by atoms with Crippen LogP contribution >= 0.6 is 0 Å². The van der Waals surface area contributed by atoms with Crippen molar-refractivity contribution in [1.82, 2.24) is 10.2 Å². The molecule has 2 heteroatoms. The molecule has 1 aromatic rings. The zero-order chi connectivity index (χ0) is 10.5. The number of hydrogen-bond donors (Lipinski definition) is 1. The average Bonchev–Trinajstić information content (AvgIpc) is 2.46. The first-order chi connectivity index (χ1) is 7.34. The molecule has 0 radical (unpaired) electrons. The van der Waals surface area contributed by atoms with Crippen LogP contribution < -0.4 is 5.32 Å². The Morgan fingerprint density at radius 2 is 2.07 bits per heavy atom. The fourth-order valence-corrected chi connectivity index (χ4v) is 2.06. The summed E-state index contributed by atoms with van der Waals surface area (Å²) < 4.78 is 0. The van der Waals surface area contributed by atoms with E-state index in [9.17, 15) is 0 Å². The number of nitrogens with zero attached hydrogens (tertiary/aromatic N) is 1. The van der Waals surface area contributed by atoms with Gasteiger partial charge < -0.3 is 5.32 Å². The van der Waals surface area contributed by atoms with Gasteiger partial charge in [0, 0.05) is 32.2 Å². The van der Waals surface area contributed by atoms with E-state index in [1.165, 1.54) is 25.1 Å². The Hall–Kier alpha value is -0.860. The van der Waals surface area contributed by atoms with Crippen LogP contribution in [0.5, 0.6) is 0 Å². The summed E-state index contributed by atoms with van der Waals surface area (Å²) in [5.41, 5.74) is 1.42. The van der Waals surface area contributed by atoms with Gasteiger partial charge in [-0.3, -0.25) is 4.90 Å². The molecule has 2 rings (SSSR count). The van der Waals surface area contributed by atoms with Crippen molar-refractivity contribution < 1.29 is 0 Å². The first-order valence-electron chi connectivity index (χ1n) is 5.84. The van der Waals surface area contributed by atoms with Gasteiger partial charge >= 0.3 is 0 Å². The lowest BCUT2D eigenvalue weighted by molar-refractivity contribution is 0.282. The van der Waals surface area contributed by atoms with Crippen molar-refractivity contribution in [2.45, 2.75) is 25.9 Å². The monoisotopic (exact) mass is 204 g/mol. The second-order valence-electron chi connectivity index (χ2n) is 4.41. The van der Waals surface area contributed by atoms with Crippen LogP contribution in [0.15, 0.2) is 30.3 Å². The fraction of sp³-hybridized carbons (Fsp3) is 0.538. The number of nitrogens with one attached hydrogen (secondary N) is 1. The number of rotatable bonds is 2. The van der Waals surface area contributed by atoms with Gasteiger partial charge in [-0.2, -0.15) is 0 Å². The van der Waals surface area contributed by atoms with Gasteiger partial charge in [0.15, 0.2) is 0 Å². The summed E-state index contributed by atoms with van der Waals surface area (Å²) in [4.78, 5) is 2.53. The third-order valence-electron chi connectivity index (χ3n) is 3.05. The molecule has 2 nitrogen and oxygen atoms in total. The highest BCUT2D eigenvalue weighted by Gasteiger charge is 2.12. The van der Waals surface area contributed by atoms with Gasteiger partial charge in [-0.1, -0.05) is 30.3 Å². The molecule has 0 spiro atoms. The summed E-state index contributed by atoms with van der Waals surface area (Å²) in [5.74, 6) is 0. The molecule has 1 aromatic carbocycles. The van der Waals surface area contributed by atoms with Crippen molar-refractivity contribution in [2.75, 3.05) is 19.6 Å². The van der Waals surface area contributed by atoms with Gasteiger partial charge in [0.05, 0.1) is 0 Å². The first-order valence-corrected chi connectivity index (χ1v) is 5.84. The van der Waals surface area contributed by atoms with Gasteiger partial charge in [-0.25, -0.2) is 0 Å². The molecule has 1 aliphatic heterocycles. The largest absolute Gasteiger partial charge is 0.313 e. The van der Waals surface area contributed by atoms with E-state index < -0.39 is 0 Å². The zero-order valence-electron chi connectivity index (χ0n) is 9.45. The van der Waals surface area contributed by atoms with Gasteiger partial charge in [0.1, 0.15) is 0 Å². The van der Waals surface area contributed by atoms with Crippen molar-refractivity contribution in [2.24, 2.45) is 0 Å². The van der Waals surface area contributed by atoms with Crippen LogP contribution in [-0.2, 0) is 6.54 Å². The average molecular weight is 204 g/mol. The minimum atomic E-state index is 0.672. The van der Waals surface area contributed by atoms with Crippen molar-refractivity contribution in [1.29, 1.82) is 0 Å². The third-order valence-corrected chi connectivity index (χ3v) is 3.05. The molecule has 1 atom stereocenters. The van der Waals surface area contributed by atoms with E-state index in [0.29, 0.717) is 6.04 Å².